The zero-order valence-electron chi connectivity index (χ0n) is 14.5. The molecule has 2 N–H and O–H groups in total. The molecule has 6 nitrogen and oxygen atoms in total. The molecular formula is C20H17ClN2O4. The monoisotopic (exact) mass is 384 g/mol. The van der Waals surface area contributed by atoms with Gasteiger partial charge in [0.2, 0.25) is 5.91 Å². The van der Waals surface area contributed by atoms with Gasteiger partial charge in [-0.3, -0.25) is 9.59 Å². The van der Waals surface area contributed by atoms with Crippen molar-refractivity contribution in [2.45, 2.75) is 19.4 Å². The standard InChI is InChI=1S/C20H17ClN2O4/c1-12(20(26)27)23-10-9-15-16(19(23)25)3-2-4-17(15)22-18(24)11-13-5-7-14(21)8-6-13/h2-10,12H,11H2,1H3,(H,22,24)(H,26,27)/t12-/m1/s1. The number of carbonyl (C=O) groups is 2. The predicted octanol–water partition coefficient (Wildman–Crippen LogP) is 3.48. The number of hydrogen-bond acceptors (Lipinski definition) is 3. The molecule has 1 aromatic heterocycles. The summed E-state index contributed by atoms with van der Waals surface area (Å²) in [5.41, 5.74) is 0.893. The third-order valence-electron chi connectivity index (χ3n) is 4.30. The number of carboxylic acids is 1. The Kier molecular flexibility index (Phi) is 5.28. The van der Waals surface area contributed by atoms with Crippen molar-refractivity contribution in [1.29, 1.82) is 0 Å². The molecule has 27 heavy (non-hydrogen) atoms. The van der Waals surface area contributed by atoms with E-state index in [9.17, 15) is 14.4 Å². The van der Waals surface area contributed by atoms with Gasteiger partial charge in [-0.1, -0.05) is 29.8 Å². The van der Waals surface area contributed by atoms with Gasteiger partial charge in [0.25, 0.3) is 5.56 Å². The molecule has 0 aliphatic heterocycles. The molecule has 138 valence electrons. The van der Waals surface area contributed by atoms with Gasteiger partial charge in [0.15, 0.2) is 0 Å². The van der Waals surface area contributed by atoms with E-state index < -0.39 is 17.6 Å². The number of nitrogens with one attached hydrogen (secondary N) is 1. The van der Waals surface area contributed by atoms with Crippen LogP contribution in [0.3, 0.4) is 0 Å². The molecule has 7 heteroatoms. The Bertz CT molecular complexity index is 1070. The highest BCUT2D eigenvalue weighted by Gasteiger charge is 2.16. The molecular weight excluding hydrogens is 368 g/mol. The van der Waals surface area contributed by atoms with Crippen LogP contribution < -0.4 is 10.9 Å². The maximum absolute atomic E-state index is 12.6. The number of nitrogens with zero attached hydrogens (tertiary/aromatic N) is 1. The highest BCUT2D eigenvalue weighted by molar-refractivity contribution is 6.30. The summed E-state index contributed by atoms with van der Waals surface area (Å²) in [7, 11) is 0. The van der Waals surface area contributed by atoms with Crippen LogP contribution in [0.5, 0.6) is 0 Å². The molecule has 1 amide bonds. The maximum Gasteiger partial charge on any atom is 0.326 e. The average molecular weight is 385 g/mol. The molecule has 3 rings (SSSR count). The summed E-state index contributed by atoms with van der Waals surface area (Å²) in [6.45, 7) is 1.44. The molecule has 0 saturated heterocycles. The van der Waals surface area contributed by atoms with Crippen LogP contribution in [0.2, 0.25) is 5.02 Å². The molecule has 0 aliphatic carbocycles. The lowest BCUT2D eigenvalue weighted by Gasteiger charge is -2.13. The van der Waals surface area contributed by atoms with Crippen LogP contribution in [0.1, 0.15) is 18.5 Å². The zero-order chi connectivity index (χ0) is 19.6. The van der Waals surface area contributed by atoms with E-state index >= 15 is 0 Å². The summed E-state index contributed by atoms with van der Waals surface area (Å²) in [5.74, 6) is -1.32. The second-order valence-corrected chi connectivity index (χ2v) is 6.60. The summed E-state index contributed by atoms with van der Waals surface area (Å²) < 4.78 is 1.16. The Morgan fingerprint density at radius 1 is 1.11 bits per heavy atom. The van der Waals surface area contributed by atoms with E-state index in [0.29, 0.717) is 21.5 Å². The Labute approximate surface area is 160 Å². The number of aliphatic carboxylic acids is 1. The lowest BCUT2D eigenvalue weighted by atomic mass is 10.1. The number of amides is 1. The van der Waals surface area contributed by atoms with Gasteiger partial charge in [-0.25, -0.2) is 4.79 Å². The number of halogens is 1. The van der Waals surface area contributed by atoms with Gasteiger partial charge < -0.3 is 15.0 Å². The molecule has 3 aromatic rings. The third kappa shape index (κ3) is 4.01. The normalized spacial score (nSPS) is 11.9. The van der Waals surface area contributed by atoms with Crippen molar-refractivity contribution in [1.82, 2.24) is 4.57 Å². The zero-order valence-corrected chi connectivity index (χ0v) is 15.2. The van der Waals surface area contributed by atoms with Crippen LogP contribution in [-0.4, -0.2) is 21.6 Å². The fraction of sp³-hybridized carbons (Fsp3) is 0.150. The Morgan fingerprint density at radius 3 is 2.48 bits per heavy atom. The SMILES string of the molecule is C[C@H](C(=O)O)n1ccc2c(NC(=O)Cc3ccc(Cl)cc3)cccc2c1=O. The first-order valence-electron chi connectivity index (χ1n) is 8.28. The van der Waals surface area contributed by atoms with Crippen molar-refractivity contribution in [3.63, 3.8) is 0 Å². The van der Waals surface area contributed by atoms with E-state index in [-0.39, 0.29) is 12.3 Å². The third-order valence-corrected chi connectivity index (χ3v) is 4.55. The summed E-state index contributed by atoms with van der Waals surface area (Å²) in [5, 5.41) is 13.4. The molecule has 0 aliphatic rings. The fourth-order valence-corrected chi connectivity index (χ4v) is 2.93. The number of benzene rings is 2. The van der Waals surface area contributed by atoms with Crippen LogP contribution in [0.4, 0.5) is 5.69 Å². The maximum atomic E-state index is 12.6. The largest absolute Gasteiger partial charge is 0.480 e. The Morgan fingerprint density at radius 2 is 1.81 bits per heavy atom. The van der Waals surface area contributed by atoms with Crippen LogP contribution in [0, 0.1) is 0 Å². The second-order valence-electron chi connectivity index (χ2n) is 6.16. The predicted molar refractivity (Wildman–Crippen MR) is 104 cm³/mol. The van der Waals surface area contributed by atoms with E-state index in [1.54, 1.807) is 48.5 Å². The molecule has 0 spiro atoms. The van der Waals surface area contributed by atoms with Crippen LogP contribution in [-0.2, 0) is 16.0 Å². The number of carboxylic acid groups (broad SMARTS) is 1. The van der Waals surface area contributed by atoms with Gasteiger partial charge in [0.05, 0.1) is 6.42 Å². The van der Waals surface area contributed by atoms with E-state index in [1.165, 1.54) is 13.1 Å². The van der Waals surface area contributed by atoms with Gasteiger partial charge in [-0.2, -0.15) is 0 Å². The molecule has 0 radical (unpaired) electrons. The first-order chi connectivity index (χ1) is 12.9. The quantitative estimate of drug-likeness (QED) is 0.704. The number of anilines is 1. The van der Waals surface area contributed by atoms with Crippen molar-refractivity contribution in [2.75, 3.05) is 5.32 Å². The highest BCUT2D eigenvalue weighted by atomic mass is 35.5. The van der Waals surface area contributed by atoms with Crippen molar-refractivity contribution >= 4 is 39.9 Å². The van der Waals surface area contributed by atoms with E-state index in [0.717, 1.165) is 10.1 Å². The van der Waals surface area contributed by atoms with E-state index in [4.69, 9.17) is 16.7 Å². The smallest absolute Gasteiger partial charge is 0.326 e. The summed E-state index contributed by atoms with van der Waals surface area (Å²) >= 11 is 5.84. The first kappa shape index (κ1) is 18.7. The number of pyridine rings is 1. The Balaban J connectivity index is 1.90. The highest BCUT2D eigenvalue weighted by Crippen LogP contribution is 2.22. The number of fused-ring (bicyclic) bond motifs is 1. The van der Waals surface area contributed by atoms with Crippen molar-refractivity contribution in [3.8, 4) is 0 Å². The second kappa shape index (κ2) is 7.63. The molecule has 0 fully saturated rings. The van der Waals surface area contributed by atoms with Gasteiger partial charge in [-0.05, 0) is 42.8 Å². The van der Waals surface area contributed by atoms with Gasteiger partial charge in [0.1, 0.15) is 6.04 Å². The lowest BCUT2D eigenvalue weighted by molar-refractivity contribution is -0.140. The Hall–Kier alpha value is -3.12. The first-order valence-corrected chi connectivity index (χ1v) is 8.65. The molecule has 0 bridgehead atoms. The average Bonchev–Trinajstić information content (AvgIpc) is 2.64. The van der Waals surface area contributed by atoms with E-state index in [2.05, 4.69) is 5.32 Å². The molecule has 0 unspecified atom stereocenters. The van der Waals surface area contributed by atoms with E-state index in [1.807, 2.05) is 0 Å². The minimum absolute atomic E-state index is 0.167. The number of hydrogen-bond donors (Lipinski definition) is 2. The summed E-state index contributed by atoms with van der Waals surface area (Å²) in [6.07, 6.45) is 1.60. The van der Waals surface area contributed by atoms with Crippen LogP contribution in [0.15, 0.2) is 59.5 Å². The summed E-state index contributed by atoms with van der Waals surface area (Å²) in [4.78, 5) is 36.1. The van der Waals surface area contributed by atoms with Gasteiger partial charge in [-0.15, -0.1) is 0 Å². The molecule has 1 heterocycles. The topological polar surface area (TPSA) is 88.4 Å². The van der Waals surface area contributed by atoms with Gasteiger partial charge in [0, 0.05) is 27.7 Å². The van der Waals surface area contributed by atoms with Crippen molar-refractivity contribution in [2.24, 2.45) is 0 Å². The lowest BCUT2D eigenvalue weighted by Crippen LogP contribution is -2.27. The molecule has 1 atom stereocenters. The van der Waals surface area contributed by atoms with Gasteiger partial charge >= 0.3 is 5.97 Å². The minimum Gasteiger partial charge on any atom is -0.480 e. The molecule has 0 saturated carbocycles. The van der Waals surface area contributed by atoms with Crippen LogP contribution in [0.25, 0.3) is 10.8 Å². The van der Waals surface area contributed by atoms with Crippen molar-refractivity contribution in [3.05, 3.63) is 75.7 Å². The summed E-state index contributed by atoms with van der Waals surface area (Å²) in [6, 6.07) is 12.6. The number of rotatable bonds is 5. The number of aromatic nitrogens is 1. The fourth-order valence-electron chi connectivity index (χ4n) is 2.81. The van der Waals surface area contributed by atoms with Crippen molar-refractivity contribution < 1.29 is 14.7 Å². The minimum atomic E-state index is -1.09. The molecule has 2 aromatic carbocycles. The number of carbonyl (C=O) groups excluding carboxylic acids is 1. The van der Waals surface area contributed by atoms with Crippen LogP contribution >= 0.6 is 11.6 Å².